The summed E-state index contributed by atoms with van der Waals surface area (Å²) in [6.07, 6.45) is 2.01. The van der Waals surface area contributed by atoms with Crippen LogP contribution in [-0.4, -0.2) is 61.1 Å². The zero-order valence-corrected chi connectivity index (χ0v) is 11.8. The number of nitrogens with zero attached hydrogens (tertiary/aromatic N) is 2. The average Bonchev–Trinajstić information content (AvgIpc) is 3.01. The van der Waals surface area contributed by atoms with Gasteiger partial charge in [0.25, 0.3) is 0 Å². The van der Waals surface area contributed by atoms with Gasteiger partial charge in [0.2, 0.25) is 5.91 Å². The van der Waals surface area contributed by atoms with Gasteiger partial charge in [-0.2, -0.15) is 0 Å². The molecule has 0 spiro atoms. The van der Waals surface area contributed by atoms with Crippen LogP contribution in [0.25, 0.3) is 0 Å². The molecule has 108 valence electrons. The van der Waals surface area contributed by atoms with Crippen molar-refractivity contribution in [3.63, 3.8) is 0 Å². The zero-order valence-electron chi connectivity index (χ0n) is 11.8. The van der Waals surface area contributed by atoms with Crippen LogP contribution in [0.5, 0.6) is 0 Å². The SMILES string of the molecule is O=C1CN([C@@H]2CCOC2)CCN1CCc1ccccc1. The van der Waals surface area contributed by atoms with E-state index in [1.165, 1.54) is 5.56 Å². The number of piperazine rings is 1. The lowest BCUT2D eigenvalue weighted by Crippen LogP contribution is -2.54. The summed E-state index contributed by atoms with van der Waals surface area (Å²) >= 11 is 0. The first kappa shape index (κ1) is 13.6. The van der Waals surface area contributed by atoms with Crippen LogP contribution in [0.3, 0.4) is 0 Å². The summed E-state index contributed by atoms with van der Waals surface area (Å²) in [4.78, 5) is 16.5. The molecule has 2 aliphatic heterocycles. The predicted octanol–water partition coefficient (Wildman–Crippen LogP) is 1.16. The van der Waals surface area contributed by atoms with Gasteiger partial charge in [0.1, 0.15) is 0 Å². The zero-order chi connectivity index (χ0) is 13.8. The molecule has 2 saturated heterocycles. The van der Waals surface area contributed by atoms with E-state index in [0.29, 0.717) is 12.6 Å². The van der Waals surface area contributed by atoms with Gasteiger partial charge < -0.3 is 9.64 Å². The van der Waals surface area contributed by atoms with Gasteiger partial charge in [-0.05, 0) is 18.4 Å². The number of benzene rings is 1. The van der Waals surface area contributed by atoms with E-state index in [1.807, 2.05) is 11.0 Å². The molecule has 0 radical (unpaired) electrons. The Labute approximate surface area is 120 Å². The minimum atomic E-state index is 0.263. The monoisotopic (exact) mass is 274 g/mol. The fraction of sp³-hybridized carbons (Fsp3) is 0.562. The number of rotatable bonds is 4. The molecule has 0 N–H and O–H groups in total. The van der Waals surface area contributed by atoms with Crippen LogP contribution in [0.15, 0.2) is 30.3 Å². The lowest BCUT2D eigenvalue weighted by Gasteiger charge is -2.37. The molecule has 0 aliphatic carbocycles. The second-order valence-electron chi connectivity index (χ2n) is 5.60. The maximum atomic E-state index is 12.2. The van der Waals surface area contributed by atoms with Crippen molar-refractivity contribution in [2.75, 3.05) is 39.4 Å². The van der Waals surface area contributed by atoms with Crippen LogP contribution in [-0.2, 0) is 16.0 Å². The lowest BCUT2D eigenvalue weighted by molar-refractivity contribution is -0.137. The third-order valence-corrected chi connectivity index (χ3v) is 4.28. The number of hydrogen-bond donors (Lipinski definition) is 0. The molecule has 0 unspecified atom stereocenters. The fourth-order valence-corrected chi connectivity index (χ4v) is 2.99. The Morgan fingerprint density at radius 2 is 2.05 bits per heavy atom. The summed E-state index contributed by atoms with van der Waals surface area (Å²) in [6.45, 7) is 4.85. The van der Waals surface area contributed by atoms with E-state index in [2.05, 4.69) is 29.2 Å². The Morgan fingerprint density at radius 1 is 1.20 bits per heavy atom. The fourth-order valence-electron chi connectivity index (χ4n) is 2.99. The van der Waals surface area contributed by atoms with Crippen molar-refractivity contribution in [1.82, 2.24) is 9.80 Å². The minimum Gasteiger partial charge on any atom is -0.380 e. The summed E-state index contributed by atoms with van der Waals surface area (Å²) in [5, 5.41) is 0. The lowest BCUT2D eigenvalue weighted by atomic mass is 10.1. The molecule has 2 heterocycles. The van der Waals surface area contributed by atoms with Gasteiger partial charge in [0, 0.05) is 32.3 Å². The van der Waals surface area contributed by atoms with E-state index in [0.717, 1.165) is 45.7 Å². The van der Waals surface area contributed by atoms with Crippen molar-refractivity contribution < 1.29 is 9.53 Å². The molecule has 2 aliphatic rings. The van der Waals surface area contributed by atoms with Crippen LogP contribution in [0.1, 0.15) is 12.0 Å². The Kier molecular flexibility index (Phi) is 4.33. The van der Waals surface area contributed by atoms with Crippen molar-refractivity contribution in [3.05, 3.63) is 35.9 Å². The molecule has 0 aromatic heterocycles. The highest BCUT2D eigenvalue weighted by Crippen LogP contribution is 2.15. The van der Waals surface area contributed by atoms with Crippen LogP contribution in [0.4, 0.5) is 0 Å². The normalized spacial score (nSPS) is 24.3. The Bertz CT molecular complexity index is 443. The van der Waals surface area contributed by atoms with Gasteiger partial charge in [-0.15, -0.1) is 0 Å². The van der Waals surface area contributed by atoms with E-state index < -0.39 is 0 Å². The standard InChI is InChI=1S/C16H22N2O2/c19-16-12-18(15-7-11-20-13-15)10-9-17(16)8-6-14-4-2-1-3-5-14/h1-5,15H,6-13H2/t15-/m1/s1. The first-order chi connectivity index (χ1) is 9.83. The van der Waals surface area contributed by atoms with Gasteiger partial charge in [0.15, 0.2) is 0 Å². The van der Waals surface area contributed by atoms with Gasteiger partial charge in [-0.25, -0.2) is 0 Å². The first-order valence-electron chi connectivity index (χ1n) is 7.46. The van der Waals surface area contributed by atoms with Crippen LogP contribution < -0.4 is 0 Å². The topological polar surface area (TPSA) is 32.8 Å². The van der Waals surface area contributed by atoms with Crippen LogP contribution in [0, 0.1) is 0 Å². The number of carbonyl (C=O) groups is 1. The van der Waals surface area contributed by atoms with Crippen molar-refractivity contribution in [2.45, 2.75) is 18.9 Å². The van der Waals surface area contributed by atoms with Gasteiger partial charge in [-0.3, -0.25) is 9.69 Å². The van der Waals surface area contributed by atoms with E-state index in [4.69, 9.17) is 4.74 Å². The third kappa shape index (κ3) is 3.19. The summed E-state index contributed by atoms with van der Waals surface area (Å²) in [7, 11) is 0. The van der Waals surface area contributed by atoms with E-state index >= 15 is 0 Å². The smallest absolute Gasteiger partial charge is 0.236 e. The summed E-state index contributed by atoms with van der Waals surface area (Å²) in [5.41, 5.74) is 1.30. The van der Waals surface area contributed by atoms with Gasteiger partial charge >= 0.3 is 0 Å². The Balaban J connectivity index is 1.49. The molecular weight excluding hydrogens is 252 g/mol. The number of ether oxygens (including phenoxy) is 1. The second-order valence-corrected chi connectivity index (χ2v) is 5.60. The summed E-state index contributed by atoms with van der Waals surface area (Å²) < 4.78 is 5.41. The molecule has 3 rings (SSSR count). The minimum absolute atomic E-state index is 0.263. The van der Waals surface area contributed by atoms with Crippen molar-refractivity contribution in [1.29, 1.82) is 0 Å². The molecule has 1 amide bonds. The van der Waals surface area contributed by atoms with Crippen molar-refractivity contribution in [3.8, 4) is 0 Å². The van der Waals surface area contributed by atoms with E-state index in [1.54, 1.807) is 0 Å². The highest BCUT2D eigenvalue weighted by atomic mass is 16.5. The molecule has 0 saturated carbocycles. The highest BCUT2D eigenvalue weighted by Gasteiger charge is 2.30. The molecule has 1 aromatic rings. The summed E-state index contributed by atoms with van der Waals surface area (Å²) in [6, 6.07) is 10.8. The number of carbonyl (C=O) groups excluding carboxylic acids is 1. The molecule has 20 heavy (non-hydrogen) atoms. The molecular formula is C16H22N2O2. The van der Waals surface area contributed by atoms with Gasteiger partial charge in [0.05, 0.1) is 13.2 Å². The number of hydrogen-bond acceptors (Lipinski definition) is 3. The molecule has 4 nitrogen and oxygen atoms in total. The molecule has 0 bridgehead atoms. The van der Waals surface area contributed by atoms with Gasteiger partial charge in [-0.1, -0.05) is 30.3 Å². The Hall–Kier alpha value is -1.39. The van der Waals surface area contributed by atoms with E-state index in [9.17, 15) is 4.79 Å². The predicted molar refractivity (Wildman–Crippen MR) is 77.5 cm³/mol. The number of amides is 1. The van der Waals surface area contributed by atoms with Crippen LogP contribution in [0.2, 0.25) is 0 Å². The maximum absolute atomic E-state index is 12.2. The van der Waals surface area contributed by atoms with Crippen molar-refractivity contribution in [2.24, 2.45) is 0 Å². The average molecular weight is 274 g/mol. The largest absolute Gasteiger partial charge is 0.380 e. The molecule has 2 fully saturated rings. The Morgan fingerprint density at radius 3 is 2.75 bits per heavy atom. The molecule has 1 atom stereocenters. The van der Waals surface area contributed by atoms with E-state index in [-0.39, 0.29) is 5.91 Å². The first-order valence-corrected chi connectivity index (χ1v) is 7.46. The third-order valence-electron chi connectivity index (χ3n) is 4.28. The summed E-state index contributed by atoms with van der Waals surface area (Å²) in [5.74, 6) is 0.263. The molecule has 1 aromatic carbocycles. The highest BCUT2D eigenvalue weighted by molar-refractivity contribution is 5.79. The van der Waals surface area contributed by atoms with Crippen molar-refractivity contribution >= 4 is 5.91 Å². The second kappa shape index (κ2) is 6.37. The quantitative estimate of drug-likeness (QED) is 0.826. The maximum Gasteiger partial charge on any atom is 0.236 e. The van der Waals surface area contributed by atoms with Crippen LogP contribution >= 0.6 is 0 Å². The molecule has 4 heteroatoms.